The summed E-state index contributed by atoms with van der Waals surface area (Å²) in [6.45, 7) is 11.9. The summed E-state index contributed by atoms with van der Waals surface area (Å²) in [6, 6.07) is 8.77. The molecule has 4 aliphatic heterocycles. The number of fused-ring (bicyclic) bond motifs is 5. The van der Waals surface area contributed by atoms with Gasteiger partial charge in [0.05, 0.1) is 60.0 Å². The number of aliphatic hydroxyl groups excluding tert-OH is 5. The first-order valence-electron chi connectivity index (χ1n) is 28.2. The fourth-order valence-corrected chi connectivity index (χ4v) is 15.2. The van der Waals surface area contributed by atoms with Crippen LogP contribution in [0.5, 0.6) is 0 Å². The van der Waals surface area contributed by atoms with Crippen molar-refractivity contribution < 1.29 is 107 Å². The van der Waals surface area contributed by atoms with Gasteiger partial charge in [-0.1, -0.05) is 44.2 Å². The van der Waals surface area contributed by atoms with Gasteiger partial charge in [-0.05, 0) is 77.8 Å². The van der Waals surface area contributed by atoms with Crippen LogP contribution in [-0.4, -0.2) is 216 Å². The number of rotatable bonds is 16. The highest BCUT2D eigenvalue weighted by molar-refractivity contribution is 5.89. The average molecular weight is 1120 g/mol. The van der Waals surface area contributed by atoms with Crippen molar-refractivity contribution in [2.24, 2.45) is 28.6 Å². The van der Waals surface area contributed by atoms with Gasteiger partial charge in [-0.3, -0.25) is 4.79 Å². The molecule has 0 amide bonds. The number of methoxy groups -OCH3 is 3. The number of hydrogen-bond donors (Lipinski definition) is 7. The summed E-state index contributed by atoms with van der Waals surface area (Å²) in [6.07, 6.45) is -13.0. The van der Waals surface area contributed by atoms with Gasteiger partial charge in [-0.15, -0.1) is 0 Å². The van der Waals surface area contributed by atoms with Gasteiger partial charge < -0.3 is 97.3 Å². The monoisotopic (exact) mass is 1120 g/mol. The summed E-state index contributed by atoms with van der Waals surface area (Å²) >= 11 is 0. The molecule has 9 rings (SSSR count). The maximum Gasteiger partial charge on any atom is 0.338 e. The molecule has 4 saturated heterocycles. The Hall–Kier alpha value is -2.82. The molecule has 3 saturated carbocycles. The summed E-state index contributed by atoms with van der Waals surface area (Å²) in [7, 11) is 4.49. The molecule has 4 heterocycles. The van der Waals surface area contributed by atoms with Gasteiger partial charge in [-0.25, -0.2) is 4.79 Å². The van der Waals surface area contributed by atoms with Crippen LogP contribution < -0.4 is 0 Å². The normalized spacial score (nSPS) is 49.2. The topological polar surface area (TPSA) is 296 Å². The Labute approximate surface area is 462 Å². The highest BCUT2D eigenvalue weighted by Crippen LogP contribution is 2.69. The largest absolute Gasteiger partial charge is 0.463 e. The quantitative estimate of drug-likeness (QED) is 0.0922. The van der Waals surface area contributed by atoms with Crippen LogP contribution in [0.2, 0.25) is 0 Å². The third kappa shape index (κ3) is 11.1. The molecule has 28 atom stereocenters. The van der Waals surface area contributed by atoms with Crippen LogP contribution >= 0.6 is 0 Å². The third-order valence-electron chi connectivity index (χ3n) is 19.7. The van der Waals surface area contributed by atoms with E-state index in [4.69, 9.17) is 61.6 Å². The standard InChI is InChI=1S/C57H86O22/c1-27(70-31(5)59)34-18-21-57(66)35-17-20-56(65)25-33(16-19-54(56,6)36(35)22-40(55(34,57)7)76-51(64)32-14-12-11-13-15-32)74-41-23-37(67-8)47(28(2)71-41)77-42-24-38(68-9)48(29(3)72-42)78-53-46(63)50(69-10)49(30(4)73-53)79-52-45(62)44(61)43(60)39(26-58)75-52/h11-15,17,20,27-30,33-50,52-53,58,60-63,65-66H,16,18-19,21-26H2,1-10H3/t27-,28+,29+,30+,33-,34+,35-,36-,37-,38-,39+,40+,41-,42-,43-,44-,45+,46+,47+,48+,49+,50+,52-,53-,54+,55-,56?,57-/m0/s1. The van der Waals surface area contributed by atoms with Crippen LogP contribution in [0, 0.1) is 28.6 Å². The number of ether oxygens (including phenoxy) is 13. The van der Waals surface area contributed by atoms with Crippen LogP contribution in [-0.2, 0) is 66.4 Å². The predicted octanol–water partition coefficient (Wildman–Crippen LogP) is 2.20. The van der Waals surface area contributed by atoms with Crippen molar-refractivity contribution >= 4 is 11.9 Å². The van der Waals surface area contributed by atoms with Gasteiger partial charge in [0.2, 0.25) is 0 Å². The van der Waals surface area contributed by atoms with Gasteiger partial charge in [0.1, 0.15) is 67.1 Å². The van der Waals surface area contributed by atoms with Crippen molar-refractivity contribution in [2.75, 3.05) is 27.9 Å². The molecule has 79 heavy (non-hydrogen) atoms. The summed E-state index contributed by atoms with van der Waals surface area (Å²) < 4.78 is 80.2. The van der Waals surface area contributed by atoms with E-state index in [0.29, 0.717) is 44.1 Å². The highest BCUT2D eigenvalue weighted by Gasteiger charge is 2.73. The fraction of sp³-hybridized carbons (Fsp3) is 0.825. The molecule has 22 nitrogen and oxygen atoms in total. The molecular formula is C57H86O22. The molecule has 0 aromatic heterocycles. The first-order chi connectivity index (χ1) is 37.4. The molecule has 1 aromatic rings. The van der Waals surface area contributed by atoms with E-state index >= 15 is 0 Å². The lowest BCUT2D eigenvalue weighted by atomic mass is 9.43. The molecular weight excluding hydrogens is 1040 g/mol. The number of carbonyl (C=O) groups is 2. The van der Waals surface area contributed by atoms with Gasteiger partial charge >= 0.3 is 11.9 Å². The Balaban J connectivity index is 0.821. The summed E-state index contributed by atoms with van der Waals surface area (Å²) in [5.74, 6) is -1.89. The first kappa shape index (κ1) is 60.8. The molecule has 0 radical (unpaired) electrons. The molecule has 8 aliphatic rings. The van der Waals surface area contributed by atoms with E-state index in [1.807, 2.05) is 39.0 Å². The maximum atomic E-state index is 13.9. The van der Waals surface area contributed by atoms with Crippen LogP contribution in [0.3, 0.4) is 0 Å². The lowest BCUT2D eigenvalue weighted by Gasteiger charge is -2.65. The van der Waals surface area contributed by atoms with Gasteiger partial charge in [0, 0.05) is 70.2 Å². The highest BCUT2D eigenvalue weighted by atomic mass is 16.8. The number of esters is 2. The van der Waals surface area contributed by atoms with Crippen LogP contribution in [0.4, 0.5) is 0 Å². The molecule has 1 unspecified atom stereocenters. The number of carbonyl (C=O) groups excluding carboxylic acids is 2. The summed E-state index contributed by atoms with van der Waals surface area (Å²) in [5.41, 5.74) is -4.04. The van der Waals surface area contributed by atoms with Crippen molar-refractivity contribution in [3.8, 4) is 0 Å². The van der Waals surface area contributed by atoms with E-state index in [2.05, 4.69) is 6.92 Å². The molecule has 22 heteroatoms. The first-order valence-corrected chi connectivity index (χ1v) is 28.2. The molecule has 7 N–H and O–H groups in total. The zero-order chi connectivity index (χ0) is 57.1. The SMILES string of the molecule is CO[C@@H]1[C@@H](O)[C@H](O[C@H]2[C@@H](OC)C[C@H](O[C@H]3[C@@H](OC)C[C@H](O[C@H]4CC[C@]5(C)[C@H]6C[C@@H](OC(=O)c7ccccc7)[C@]7(C)[C@@H]([C@H](C)OC(C)=O)CC[C@]7(O)[C@H]6C=CC5(O)C4)O[C@@H]3C)O[C@@H]2C)O[C@H](C)[C@H]1O[C@@H]1O[C@H](CO)[C@H](O)[C@H](O)[C@H]1O. The third-order valence-corrected chi connectivity index (χ3v) is 19.7. The average Bonchev–Trinajstić information content (AvgIpc) is 3.33. The van der Waals surface area contributed by atoms with E-state index in [1.165, 1.54) is 21.1 Å². The Morgan fingerprint density at radius 2 is 1.32 bits per heavy atom. The smallest absolute Gasteiger partial charge is 0.338 e. The van der Waals surface area contributed by atoms with E-state index in [-0.39, 0.29) is 30.6 Å². The molecule has 7 fully saturated rings. The summed E-state index contributed by atoms with van der Waals surface area (Å²) in [5, 5.41) is 78.4. The van der Waals surface area contributed by atoms with Crippen molar-refractivity contribution in [2.45, 2.75) is 240 Å². The molecule has 0 spiro atoms. The van der Waals surface area contributed by atoms with E-state index in [1.54, 1.807) is 45.2 Å². The minimum Gasteiger partial charge on any atom is -0.463 e. The van der Waals surface area contributed by atoms with Gasteiger partial charge in [-0.2, -0.15) is 0 Å². The van der Waals surface area contributed by atoms with Gasteiger partial charge in [0.15, 0.2) is 25.2 Å². The van der Waals surface area contributed by atoms with Crippen molar-refractivity contribution in [1.82, 2.24) is 0 Å². The summed E-state index contributed by atoms with van der Waals surface area (Å²) in [4.78, 5) is 26.1. The zero-order valence-corrected chi connectivity index (χ0v) is 47.0. The van der Waals surface area contributed by atoms with E-state index in [0.717, 1.165) is 0 Å². The fourth-order valence-electron chi connectivity index (χ4n) is 15.2. The molecule has 4 aliphatic carbocycles. The maximum absolute atomic E-state index is 13.9. The van der Waals surface area contributed by atoms with Crippen LogP contribution in [0.25, 0.3) is 0 Å². The van der Waals surface area contributed by atoms with E-state index < -0.39 is 170 Å². The Bertz CT molecular complexity index is 2260. The lowest BCUT2D eigenvalue weighted by Crippen LogP contribution is -2.70. The van der Waals surface area contributed by atoms with Crippen molar-refractivity contribution in [3.05, 3.63) is 48.0 Å². The lowest BCUT2D eigenvalue weighted by molar-refractivity contribution is -0.373. The Morgan fingerprint density at radius 3 is 1.94 bits per heavy atom. The second-order valence-electron chi connectivity index (χ2n) is 24.0. The van der Waals surface area contributed by atoms with Crippen molar-refractivity contribution in [1.29, 1.82) is 0 Å². The predicted molar refractivity (Wildman–Crippen MR) is 274 cm³/mol. The van der Waals surface area contributed by atoms with Gasteiger partial charge in [0.25, 0.3) is 0 Å². The molecule has 446 valence electrons. The number of benzene rings is 1. The molecule has 1 aromatic carbocycles. The van der Waals surface area contributed by atoms with E-state index in [9.17, 15) is 45.3 Å². The van der Waals surface area contributed by atoms with Crippen LogP contribution in [0.15, 0.2) is 42.5 Å². The van der Waals surface area contributed by atoms with Crippen LogP contribution in [0.1, 0.15) is 110 Å². The number of aliphatic hydroxyl groups is 7. The Morgan fingerprint density at radius 1 is 0.709 bits per heavy atom. The van der Waals surface area contributed by atoms with Crippen molar-refractivity contribution in [3.63, 3.8) is 0 Å². The zero-order valence-electron chi connectivity index (χ0n) is 47.0. The minimum absolute atomic E-state index is 0.218. The second kappa shape index (κ2) is 24.0. The minimum atomic E-state index is -1.68. The second-order valence-corrected chi connectivity index (χ2v) is 24.0. The molecule has 0 bridgehead atoms. The number of hydrogen-bond acceptors (Lipinski definition) is 22. The Kier molecular flexibility index (Phi) is 18.5.